The molecule has 6 heteroatoms. The molecule has 0 aliphatic heterocycles. The average Bonchev–Trinajstić information content (AvgIpc) is 3.21. The molecule has 0 unspecified atom stereocenters. The minimum atomic E-state index is -0.346. The number of anilines is 1. The fourth-order valence-electron chi connectivity index (χ4n) is 2.68. The van der Waals surface area contributed by atoms with Gasteiger partial charge in [0.25, 0.3) is 5.91 Å². The fraction of sp³-hybridized carbons (Fsp3) is 0.0526. The number of hydrogen-bond donors (Lipinski definition) is 2. The molecule has 4 nitrogen and oxygen atoms in total. The lowest BCUT2D eigenvalue weighted by molar-refractivity contribution is 0.102. The third-order valence-corrected chi connectivity index (χ3v) is 4.93. The number of rotatable bonds is 3. The van der Waals surface area contributed by atoms with Gasteiger partial charge in [0.2, 0.25) is 0 Å². The summed E-state index contributed by atoms with van der Waals surface area (Å²) in [6.45, 7) is 1.81. The first-order valence-corrected chi connectivity index (χ1v) is 8.54. The Balaban J connectivity index is 1.63. The summed E-state index contributed by atoms with van der Waals surface area (Å²) < 4.78 is 13.9. The second kappa shape index (κ2) is 6.14. The van der Waals surface area contributed by atoms with Gasteiger partial charge in [-0.15, -0.1) is 11.3 Å². The Labute approximate surface area is 147 Å². The van der Waals surface area contributed by atoms with Gasteiger partial charge < -0.3 is 10.3 Å². The number of nitrogens with one attached hydrogen (secondary N) is 2. The van der Waals surface area contributed by atoms with Gasteiger partial charge in [0, 0.05) is 33.2 Å². The molecule has 2 aromatic carbocycles. The first-order chi connectivity index (χ1) is 12.1. The van der Waals surface area contributed by atoms with Crippen LogP contribution >= 0.6 is 11.3 Å². The number of fused-ring (bicyclic) bond motifs is 1. The van der Waals surface area contributed by atoms with E-state index < -0.39 is 0 Å². The summed E-state index contributed by atoms with van der Waals surface area (Å²) in [7, 11) is 0. The van der Waals surface area contributed by atoms with Crippen molar-refractivity contribution in [3.8, 4) is 10.6 Å². The number of nitrogens with zero attached hydrogens (tertiary/aromatic N) is 1. The summed E-state index contributed by atoms with van der Waals surface area (Å²) in [5.74, 6) is -0.646. The smallest absolute Gasteiger partial charge is 0.275 e. The molecule has 0 radical (unpaired) electrons. The number of aromatic amines is 1. The van der Waals surface area contributed by atoms with Crippen molar-refractivity contribution >= 4 is 33.8 Å². The van der Waals surface area contributed by atoms with E-state index in [0.29, 0.717) is 22.0 Å². The van der Waals surface area contributed by atoms with E-state index >= 15 is 0 Å². The van der Waals surface area contributed by atoms with Crippen LogP contribution in [-0.4, -0.2) is 15.9 Å². The van der Waals surface area contributed by atoms with E-state index in [2.05, 4.69) is 15.3 Å². The minimum absolute atomic E-state index is 0.300. The van der Waals surface area contributed by atoms with Crippen LogP contribution < -0.4 is 5.32 Å². The molecule has 2 N–H and O–H groups in total. The molecule has 25 heavy (non-hydrogen) atoms. The first kappa shape index (κ1) is 15.5. The molecule has 0 saturated carbocycles. The summed E-state index contributed by atoms with van der Waals surface area (Å²) in [5, 5.41) is 4.37. The lowest BCUT2D eigenvalue weighted by atomic mass is 10.2. The van der Waals surface area contributed by atoms with Gasteiger partial charge >= 0.3 is 0 Å². The van der Waals surface area contributed by atoms with Crippen LogP contribution in [0.2, 0.25) is 0 Å². The zero-order chi connectivity index (χ0) is 17.4. The number of thiazole rings is 1. The second-order valence-electron chi connectivity index (χ2n) is 5.64. The molecule has 2 aromatic heterocycles. The number of aromatic nitrogens is 2. The van der Waals surface area contributed by atoms with E-state index in [1.807, 2.05) is 37.4 Å². The van der Waals surface area contributed by atoms with Gasteiger partial charge in [0.15, 0.2) is 0 Å². The van der Waals surface area contributed by atoms with Crippen molar-refractivity contribution in [1.82, 2.24) is 9.97 Å². The van der Waals surface area contributed by atoms with E-state index in [-0.39, 0.29) is 11.7 Å². The molecule has 0 spiro atoms. The lowest BCUT2D eigenvalue weighted by Crippen LogP contribution is -2.13. The summed E-state index contributed by atoms with van der Waals surface area (Å²) in [6.07, 6.45) is 1.85. The second-order valence-corrected chi connectivity index (χ2v) is 6.84. The highest BCUT2D eigenvalue weighted by Gasteiger charge is 2.18. The molecule has 124 valence electrons. The number of hydrogen-bond acceptors (Lipinski definition) is 3. The highest BCUT2D eigenvalue weighted by molar-refractivity contribution is 7.15. The van der Waals surface area contributed by atoms with Crippen molar-refractivity contribution in [2.45, 2.75) is 6.92 Å². The summed E-state index contributed by atoms with van der Waals surface area (Å²) >= 11 is 1.31. The van der Waals surface area contributed by atoms with Crippen LogP contribution in [0.1, 0.15) is 15.4 Å². The van der Waals surface area contributed by atoms with Gasteiger partial charge in [-0.2, -0.15) is 0 Å². The zero-order valence-corrected chi connectivity index (χ0v) is 14.2. The highest BCUT2D eigenvalue weighted by atomic mass is 32.1. The number of halogens is 1. The van der Waals surface area contributed by atoms with Crippen LogP contribution in [0.25, 0.3) is 21.5 Å². The van der Waals surface area contributed by atoms with Crippen LogP contribution in [0.5, 0.6) is 0 Å². The maximum absolute atomic E-state index is 13.9. The third kappa shape index (κ3) is 2.92. The monoisotopic (exact) mass is 351 g/mol. The van der Waals surface area contributed by atoms with Crippen molar-refractivity contribution in [3.63, 3.8) is 0 Å². The van der Waals surface area contributed by atoms with Gasteiger partial charge in [-0.3, -0.25) is 4.79 Å². The number of aryl methyl sites for hydroxylation is 1. The Bertz CT molecular complexity index is 1080. The van der Waals surface area contributed by atoms with E-state index in [1.165, 1.54) is 17.4 Å². The first-order valence-electron chi connectivity index (χ1n) is 7.72. The van der Waals surface area contributed by atoms with Crippen LogP contribution in [0.15, 0.2) is 54.7 Å². The quantitative estimate of drug-likeness (QED) is 0.546. The topological polar surface area (TPSA) is 57.8 Å². The van der Waals surface area contributed by atoms with Crippen molar-refractivity contribution < 1.29 is 9.18 Å². The van der Waals surface area contributed by atoms with Crippen LogP contribution in [0, 0.1) is 12.7 Å². The van der Waals surface area contributed by atoms with E-state index in [1.54, 1.807) is 18.2 Å². The summed E-state index contributed by atoms with van der Waals surface area (Å²) in [6, 6.07) is 14.0. The lowest BCUT2D eigenvalue weighted by Gasteiger charge is -2.04. The van der Waals surface area contributed by atoms with Crippen LogP contribution in [0.3, 0.4) is 0 Å². The molecule has 0 aliphatic carbocycles. The Morgan fingerprint density at radius 2 is 2.04 bits per heavy atom. The largest absolute Gasteiger partial charge is 0.361 e. The normalized spacial score (nSPS) is 11.0. The van der Waals surface area contributed by atoms with E-state index in [9.17, 15) is 9.18 Å². The number of carbonyl (C=O) groups is 1. The molecule has 1 amide bonds. The molecule has 2 heterocycles. The SMILES string of the molecule is Cc1sc(-c2ccccc2F)nc1C(=O)Nc1ccc2[nH]ccc2c1. The van der Waals surface area contributed by atoms with Gasteiger partial charge in [-0.25, -0.2) is 9.37 Å². The Hall–Kier alpha value is -2.99. The number of benzene rings is 2. The van der Waals surface area contributed by atoms with Crippen LogP contribution in [0.4, 0.5) is 10.1 Å². The predicted molar refractivity (Wildman–Crippen MR) is 98.5 cm³/mol. The number of H-pyrrole nitrogens is 1. The summed E-state index contributed by atoms with van der Waals surface area (Å²) in [5.41, 5.74) is 2.42. The molecule has 0 bridgehead atoms. The highest BCUT2D eigenvalue weighted by Crippen LogP contribution is 2.30. The van der Waals surface area contributed by atoms with E-state index in [4.69, 9.17) is 0 Å². The van der Waals surface area contributed by atoms with Crippen molar-refractivity contribution in [3.05, 3.63) is 71.1 Å². The average molecular weight is 351 g/mol. The van der Waals surface area contributed by atoms with Gasteiger partial charge in [0.05, 0.1) is 0 Å². The maximum atomic E-state index is 13.9. The fourth-order valence-corrected chi connectivity index (χ4v) is 3.62. The molecular weight excluding hydrogens is 337 g/mol. The van der Waals surface area contributed by atoms with Crippen molar-refractivity contribution in [2.24, 2.45) is 0 Å². The molecule has 0 fully saturated rings. The Morgan fingerprint density at radius 1 is 1.20 bits per heavy atom. The predicted octanol–water partition coefficient (Wildman–Crippen LogP) is 4.99. The molecule has 4 rings (SSSR count). The third-order valence-electron chi connectivity index (χ3n) is 3.93. The van der Waals surface area contributed by atoms with Crippen LogP contribution in [-0.2, 0) is 0 Å². The Morgan fingerprint density at radius 3 is 2.88 bits per heavy atom. The molecule has 0 atom stereocenters. The molecular formula is C19H14FN3OS. The minimum Gasteiger partial charge on any atom is -0.361 e. The van der Waals surface area contributed by atoms with Gasteiger partial charge in [-0.1, -0.05) is 12.1 Å². The zero-order valence-electron chi connectivity index (χ0n) is 13.3. The molecule has 0 saturated heterocycles. The Kier molecular flexibility index (Phi) is 3.82. The standard InChI is InChI=1S/C19H14FN3OS/c1-11-17(23-19(25-11)14-4-2-3-5-15(14)20)18(24)22-13-6-7-16-12(10-13)8-9-21-16/h2-10,21H,1H3,(H,22,24). The number of carbonyl (C=O) groups excluding carboxylic acids is 1. The summed E-state index contributed by atoms with van der Waals surface area (Å²) in [4.78, 5) is 20.8. The van der Waals surface area contributed by atoms with E-state index in [0.717, 1.165) is 15.8 Å². The molecule has 4 aromatic rings. The number of amides is 1. The van der Waals surface area contributed by atoms with Gasteiger partial charge in [0.1, 0.15) is 16.5 Å². The van der Waals surface area contributed by atoms with Crippen molar-refractivity contribution in [1.29, 1.82) is 0 Å². The van der Waals surface area contributed by atoms with Gasteiger partial charge in [-0.05, 0) is 43.3 Å². The maximum Gasteiger partial charge on any atom is 0.275 e. The molecule has 0 aliphatic rings. The van der Waals surface area contributed by atoms with Crippen molar-refractivity contribution in [2.75, 3.05) is 5.32 Å².